The minimum atomic E-state index is -1.02. The average Bonchev–Trinajstić information content (AvgIpc) is 2.35. The number of nitrogens with one attached hydrogen (secondary N) is 1. The Morgan fingerprint density at radius 3 is 2.67 bits per heavy atom. The zero-order valence-corrected chi connectivity index (χ0v) is 11.7. The van der Waals surface area contributed by atoms with Crippen LogP contribution >= 0.6 is 0 Å². The van der Waals surface area contributed by atoms with Gasteiger partial charge in [0.1, 0.15) is 5.54 Å². The Balaban J connectivity index is 2.97. The molecule has 0 heterocycles. The molecule has 0 radical (unpaired) electrons. The molecule has 2 atom stereocenters. The second-order valence-electron chi connectivity index (χ2n) is 5.19. The van der Waals surface area contributed by atoms with E-state index < -0.39 is 11.5 Å². The molecule has 0 spiro atoms. The fourth-order valence-corrected chi connectivity index (χ4v) is 1.78. The van der Waals surface area contributed by atoms with E-state index in [1.165, 1.54) is 0 Å². The molecule has 100 valence electrons. The smallest absolute Gasteiger partial charge is 0.328 e. The van der Waals surface area contributed by atoms with Gasteiger partial charge >= 0.3 is 5.97 Å². The van der Waals surface area contributed by atoms with Crippen molar-refractivity contribution >= 4 is 5.97 Å². The predicted octanol–water partition coefficient (Wildman–Crippen LogP) is 2.93. The number of aliphatic carboxylic acids is 1. The standard InChI is InChI=1S/C15H23NO2/c1-5-11(2)10-16-15(4,14(17)18)13-8-6-7-12(3)9-13/h6-9,11,16H,5,10H2,1-4H3,(H,17,18). The molecule has 3 heteroatoms. The lowest BCUT2D eigenvalue weighted by Gasteiger charge is -2.28. The van der Waals surface area contributed by atoms with Gasteiger partial charge in [-0.1, -0.05) is 50.1 Å². The number of rotatable bonds is 6. The largest absolute Gasteiger partial charge is 0.480 e. The van der Waals surface area contributed by atoms with Gasteiger partial charge in [-0.2, -0.15) is 0 Å². The maximum Gasteiger partial charge on any atom is 0.328 e. The second-order valence-corrected chi connectivity index (χ2v) is 5.19. The van der Waals surface area contributed by atoms with Crippen LogP contribution in [-0.4, -0.2) is 17.6 Å². The van der Waals surface area contributed by atoms with E-state index >= 15 is 0 Å². The van der Waals surface area contributed by atoms with Crippen LogP contribution in [-0.2, 0) is 10.3 Å². The number of carbonyl (C=O) groups is 1. The summed E-state index contributed by atoms with van der Waals surface area (Å²) >= 11 is 0. The van der Waals surface area contributed by atoms with Gasteiger partial charge in [-0.3, -0.25) is 5.32 Å². The van der Waals surface area contributed by atoms with Crippen molar-refractivity contribution in [2.24, 2.45) is 5.92 Å². The van der Waals surface area contributed by atoms with Crippen molar-refractivity contribution in [2.75, 3.05) is 6.54 Å². The highest BCUT2D eigenvalue weighted by Gasteiger charge is 2.34. The lowest BCUT2D eigenvalue weighted by molar-refractivity contribution is -0.144. The Hall–Kier alpha value is -1.35. The molecule has 18 heavy (non-hydrogen) atoms. The Morgan fingerprint density at radius 1 is 1.50 bits per heavy atom. The monoisotopic (exact) mass is 249 g/mol. The van der Waals surface area contributed by atoms with E-state index in [4.69, 9.17) is 0 Å². The number of hydrogen-bond donors (Lipinski definition) is 2. The van der Waals surface area contributed by atoms with Crippen LogP contribution in [0.2, 0.25) is 0 Å². The summed E-state index contributed by atoms with van der Waals surface area (Å²) < 4.78 is 0. The molecule has 0 aliphatic carbocycles. The molecule has 1 aromatic rings. The van der Waals surface area contributed by atoms with Crippen molar-refractivity contribution in [1.82, 2.24) is 5.32 Å². The van der Waals surface area contributed by atoms with Crippen molar-refractivity contribution in [3.05, 3.63) is 35.4 Å². The molecule has 0 aromatic heterocycles. The van der Waals surface area contributed by atoms with Gasteiger partial charge in [-0.15, -0.1) is 0 Å². The lowest BCUT2D eigenvalue weighted by atomic mass is 9.90. The van der Waals surface area contributed by atoms with Crippen LogP contribution in [0.1, 0.15) is 38.3 Å². The number of carboxylic acids is 1. The molecule has 0 saturated heterocycles. The van der Waals surface area contributed by atoms with Crippen LogP contribution in [0.15, 0.2) is 24.3 Å². The first-order chi connectivity index (χ1) is 8.40. The van der Waals surface area contributed by atoms with Gasteiger partial charge in [0.25, 0.3) is 0 Å². The van der Waals surface area contributed by atoms with Crippen molar-refractivity contribution < 1.29 is 9.90 Å². The van der Waals surface area contributed by atoms with E-state index in [0.717, 1.165) is 17.5 Å². The van der Waals surface area contributed by atoms with Crippen LogP contribution in [0.5, 0.6) is 0 Å². The molecule has 0 saturated carbocycles. The van der Waals surface area contributed by atoms with Crippen molar-refractivity contribution in [3.8, 4) is 0 Å². The summed E-state index contributed by atoms with van der Waals surface area (Å²) in [6, 6.07) is 7.67. The summed E-state index contributed by atoms with van der Waals surface area (Å²) in [5.74, 6) is -0.370. The molecule has 1 aromatic carbocycles. The molecular weight excluding hydrogens is 226 g/mol. The highest BCUT2D eigenvalue weighted by atomic mass is 16.4. The van der Waals surface area contributed by atoms with Gasteiger partial charge in [0, 0.05) is 0 Å². The number of benzene rings is 1. The highest BCUT2D eigenvalue weighted by molar-refractivity contribution is 5.80. The van der Waals surface area contributed by atoms with E-state index in [1.807, 2.05) is 31.2 Å². The topological polar surface area (TPSA) is 49.3 Å². The molecule has 0 amide bonds. The molecule has 1 rings (SSSR count). The minimum Gasteiger partial charge on any atom is -0.480 e. The van der Waals surface area contributed by atoms with Crippen LogP contribution < -0.4 is 5.32 Å². The van der Waals surface area contributed by atoms with Gasteiger partial charge in [0.2, 0.25) is 0 Å². The van der Waals surface area contributed by atoms with E-state index in [0.29, 0.717) is 12.5 Å². The van der Waals surface area contributed by atoms with E-state index in [1.54, 1.807) is 6.92 Å². The van der Waals surface area contributed by atoms with Crippen molar-refractivity contribution in [1.29, 1.82) is 0 Å². The van der Waals surface area contributed by atoms with Crippen LogP contribution in [0.25, 0.3) is 0 Å². The fraction of sp³-hybridized carbons (Fsp3) is 0.533. The Bertz CT molecular complexity index is 417. The van der Waals surface area contributed by atoms with Gasteiger partial charge in [-0.25, -0.2) is 4.79 Å². The Labute approximate surface area is 109 Å². The summed E-state index contributed by atoms with van der Waals surface area (Å²) in [5, 5.41) is 12.7. The zero-order chi connectivity index (χ0) is 13.8. The number of aryl methyl sites for hydroxylation is 1. The van der Waals surface area contributed by atoms with Gasteiger partial charge < -0.3 is 5.11 Å². The summed E-state index contributed by atoms with van der Waals surface area (Å²) in [6.07, 6.45) is 1.04. The number of hydrogen-bond acceptors (Lipinski definition) is 2. The first-order valence-corrected chi connectivity index (χ1v) is 6.45. The predicted molar refractivity (Wildman–Crippen MR) is 73.6 cm³/mol. The Morgan fingerprint density at radius 2 is 2.17 bits per heavy atom. The summed E-state index contributed by atoms with van der Waals surface area (Å²) in [4.78, 5) is 11.6. The fourth-order valence-electron chi connectivity index (χ4n) is 1.78. The minimum absolute atomic E-state index is 0.466. The third kappa shape index (κ3) is 3.33. The third-order valence-electron chi connectivity index (χ3n) is 3.52. The highest BCUT2D eigenvalue weighted by Crippen LogP contribution is 2.22. The first-order valence-electron chi connectivity index (χ1n) is 6.45. The summed E-state index contributed by atoms with van der Waals surface area (Å²) in [5.41, 5.74) is 0.860. The van der Waals surface area contributed by atoms with E-state index in [9.17, 15) is 9.90 Å². The third-order valence-corrected chi connectivity index (χ3v) is 3.52. The van der Waals surface area contributed by atoms with Gasteiger partial charge in [-0.05, 0) is 31.9 Å². The number of carboxylic acid groups (broad SMARTS) is 1. The van der Waals surface area contributed by atoms with E-state index in [2.05, 4.69) is 19.2 Å². The zero-order valence-electron chi connectivity index (χ0n) is 11.7. The van der Waals surface area contributed by atoms with Crippen LogP contribution in [0.3, 0.4) is 0 Å². The summed E-state index contributed by atoms with van der Waals surface area (Å²) in [6.45, 7) is 8.63. The second kappa shape index (κ2) is 6.01. The molecular formula is C15H23NO2. The molecule has 2 N–H and O–H groups in total. The molecule has 0 aliphatic heterocycles. The van der Waals surface area contributed by atoms with Gasteiger partial charge in [0.05, 0.1) is 0 Å². The van der Waals surface area contributed by atoms with Gasteiger partial charge in [0.15, 0.2) is 0 Å². The van der Waals surface area contributed by atoms with Crippen LogP contribution in [0.4, 0.5) is 0 Å². The molecule has 0 bridgehead atoms. The normalized spacial score (nSPS) is 16.0. The van der Waals surface area contributed by atoms with Crippen molar-refractivity contribution in [2.45, 2.75) is 39.7 Å². The Kier molecular flexibility index (Phi) is 4.91. The van der Waals surface area contributed by atoms with E-state index in [-0.39, 0.29) is 0 Å². The SMILES string of the molecule is CCC(C)CNC(C)(C(=O)O)c1cccc(C)c1. The molecule has 2 unspecified atom stereocenters. The maximum absolute atomic E-state index is 11.6. The van der Waals surface area contributed by atoms with Crippen LogP contribution in [0, 0.1) is 12.8 Å². The lowest BCUT2D eigenvalue weighted by Crippen LogP contribution is -2.48. The quantitative estimate of drug-likeness (QED) is 0.815. The molecule has 3 nitrogen and oxygen atoms in total. The summed E-state index contributed by atoms with van der Waals surface area (Å²) in [7, 11) is 0. The maximum atomic E-state index is 11.6. The first kappa shape index (κ1) is 14.7. The molecule has 0 aliphatic rings. The average molecular weight is 249 g/mol. The molecule has 0 fully saturated rings. The van der Waals surface area contributed by atoms with Crippen molar-refractivity contribution in [3.63, 3.8) is 0 Å².